The van der Waals surface area contributed by atoms with Gasteiger partial charge in [-0.25, -0.2) is 8.42 Å². The van der Waals surface area contributed by atoms with Crippen molar-refractivity contribution < 1.29 is 13.2 Å². The van der Waals surface area contributed by atoms with Crippen molar-refractivity contribution in [2.45, 2.75) is 11.8 Å². The van der Waals surface area contributed by atoms with Crippen LogP contribution in [0.2, 0.25) is 0 Å². The molecule has 1 amide bonds. The molecule has 0 aromatic rings. The van der Waals surface area contributed by atoms with E-state index in [9.17, 15) is 13.2 Å². The van der Waals surface area contributed by atoms with Crippen molar-refractivity contribution in [3.63, 3.8) is 0 Å². The van der Waals surface area contributed by atoms with Crippen molar-refractivity contribution in [2.75, 3.05) is 6.26 Å². The van der Waals surface area contributed by atoms with Gasteiger partial charge in [0.05, 0.1) is 6.42 Å². The van der Waals surface area contributed by atoms with Gasteiger partial charge >= 0.3 is 0 Å². The molecule has 52 valence electrons. The Hall–Kier alpha value is -0.580. The fourth-order valence-corrected chi connectivity index (χ4v) is 1.38. The molecule has 0 radical (unpaired) electrons. The van der Waals surface area contributed by atoms with Crippen LogP contribution in [0.1, 0.15) is 6.42 Å². The number of amides is 1. The molecule has 1 heterocycles. The lowest BCUT2D eigenvalue weighted by Crippen LogP contribution is -2.52. The van der Waals surface area contributed by atoms with Crippen molar-refractivity contribution in [1.29, 1.82) is 0 Å². The van der Waals surface area contributed by atoms with Crippen LogP contribution in [0.15, 0.2) is 0 Å². The van der Waals surface area contributed by atoms with Crippen LogP contribution in [0.4, 0.5) is 0 Å². The van der Waals surface area contributed by atoms with E-state index in [4.69, 9.17) is 0 Å². The third kappa shape index (κ3) is 1.21. The van der Waals surface area contributed by atoms with E-state index in [2.05, 4.69) is 5.32 Å². The molecule has 1 atom stereocenters. The first-order valence-corrected chi connectivity index (χ1v) is 4.44. The van der Waals surface area contributed by atoms with Gasteiger partial charge in [0, 0.05) is 6.26 Å². The van der Waals surface area contributed by atoms with E-state index in [1.54, 1.807) is 0 Å². The average Bonchev–Trinajstić information content (AvgIpc) is 1.55. The Labute approximate surface area is 53.2 Å². The molecule has 0 spiro atoms. The zero-order valence-electron chi connectivity index (χ0n) is 4.92. The Morgan fingerprint density at radius 3 is 2.22 bits per heavy atom. The summed E-state index contributed by atoms with van der Waals surface area (Å²) in [5.74, 6) is -0.189. The van der Waals surface area contributed by atoms with Gasteiger partial charge in [-0.1, -0.05) is 0 Å². The highest BCUT2D eigenvalue weighted by Gasteiger charge is 2.33. The predicted octanol–water partition coefficient (Wildman–Crippen LogP) is -1.12. The summed E-state index contributed by atoms with van der Waals surface area (Å²) in [4.78, 5) is 10.2. The molecule has 1 N–H and O–H groups in total. The molecule has 0 aliphatic carbocycles. The van der Waals surface area contributed by atoms with E-state index >= 15 is 0 Å². The van der Waals surface area contributed by atoms with E-state index in [1.807, 2.05) is 0 Å². The van der Waals surface area contributed by atoms with Gasteiger partial charge in [-0.2, -0.15) is 0 Å². The fraction of sp³-hybridized carbons (Fsp3) is 0.750. The summed E-state index contributed by atoms with van der Waals surface area (Å²) in [6.45, 7) is 0. The fourth-order valence-electron chi connectivity index (χ4n) is 0.585. The molecule has 1 aliphatic heterocycles. The molecule has 1 rings (SSSR count). The number of rotatable bonds is 1. The number of carbonyl (C=O) groups is 1. The molecule has 4 nitrogen and oxygen atoms in total. The minimum Gasteiger partial charge on any atom is -0.339 e. The highest BCUT2D eigenvalue weighted by Crippen LogP contribution is 2.09. The minimum atomic E-state index is -3.03. The second-order valence-electron chi connectivity index (χ2n) is 2.09. The molecule has 0 aromatic heterocycles. The summed E-state index contributed by atoms with van der Waals surface area (Å²) >= 11 is 0. The second kappa shape index (κ2) is 1.70. The normalized spacial score (nSPS) is 26.8. The van der Waals surface area contributed by atoms with Crippen molar-refractivity contribution in [3.8, 4) is 0 Å². The summed E-state index contributed by atoms with van der Waals surface area (Å²) in [7, 11) is -3.03. The number of β-lactam (4-membered cyclic amide) rings is 1. The van der Waals surface area contributed by atoms with Crippen LogP contribution in [0, 0.1) is 0 Å². The molecule has 1 unspecified atom stereocenters. The molecule has 1 fully saturated rings. The van der Waals surface area contributed by atoms with Gasteiger partial charge in [0.25, 0.3) is 0 Å². The number of carbonyl (C=O) groups excluding carboxylic acids is 1. The van der Waals surface area contributed by atoms with Crippen molar-refractivity contribution >= 4 is 15.7 Å². The summed E-state index contributed by atoms with van der Waals surface area (Å²) in [6.07, 6.45) is 1.23. The monoisotopic (exact) mass is 149 g/mol. The standard InChI is InChI=1S/C4H7NO3S/c1-9(7,8)4-2-3(6)5-4/h4H,2H2,1H3,(H,5,6). The Kier molecular flexibility index (Phi) is 1.23. The third-order valence-corrected chi connectivity index (χ3v) is 2.53. The lowest BCUT2D eigenvalue weighted by molar-refractivity contribution is -0.126. The van der Waals surface area contributed by atoms with Crippen LogP contribution in [-0.2, 0) is 14.6 Å². The van der Waals surface area contributed by atoms with Crippen LogP contribution in [-0.4, -0.2) is 26.0 Å². The Morgan fingerprint density at radius 2 is 2.11 bits per heavy atom. The van der Waals surface area contributed by atoms with Crippen molar-refractivity contribution in [1.82, 2.24) is 5.32 Å². The Morgan fingerprint density at radius 1 is 1.67 bits per heavy atom. The van der Waals surface area contributed by atoms with E-state index in [0.717, 1.165) is 6.26 Å². The summed E-state index contributed by atoms with van der Waals surface area (Å²) in [5, 5.41) is 1.64. The SMILES string of the molecule is CS(=O)(=O)C1CC(=O)N1. The highest BCUT2D eigenvalue weighted by atomic mass is 32.2. The third-order valence-electron chi connectivity index (χ3n) is 1.21. The molecule has 0 bridgehead atoms. The number of hydrogen-bond donors (Lipinski definition) is 1. The largest absolute Gasteiger partial charge is 0.339 e. The lowest BCUT2D eigenvalue weighted by atomic mass is 10.3. The summed E-state index contributed by atoms with van der Waals surface area (Å²) in [6, 6.07) is 0. The van der Waals surface area contributed by atoms with Gasteiger partial charge in [0.15, 0.2) is 9.84 Å². The number of hydrogen-bond acceptors (Lipinski definition) is 3. The van der Waals surface area contributed by atoms with Gasteiger partial charge in [-0.05, 0) is 0 Å². The topological polar surface area (TPSA) is 63.2 Å². The lowest BCUT2D eigenvalue weighted by Gasteiger charge is -2.24. The predicted molar refractivity (Wildman–Crippen MR) is 31.4 cm³/mol. The van der Waals surface area contributed by atoms with Crippen LogP contribution in [0.5, 0.6) is 0 Å². The van der Waals surface area contributed by atoms with Gasteiger partial charge < -0.3 is 5.32 Å². The van der Waals surface area contributed by atoms with E-state index in [1.165, 1.54) is 0 Å². The van der Waals surface area contributed by atoms with Crippen LogP contribution in [0.25, 0.3) is 0 Å². The van der Waals surface area contributed by atoms with E-state index in [-0.39, 0.29) is 12.3 Å². The van der Waals surface area contributed by atoms with E-state index < -0.39 is 15.2 Å². The van der Waals surface area contributed by atoms with Crippen molar-refractivity contribution in [3.05, 3.63) is 0 Å². The van der Waals surface area contributed by atoms with Crippen molar-refractivity contribution in [2.24, 2.45) is 0 Å². The number of sulfone groups is 1. The number of nitrogens with one attached hydrogen (secondary N) is 1. The van der Waals surface area contributed by atoms with Gasteiger partial charge in [-0.15, -0.1) is 0 Å². The van der Waals surface area contributed by atoms with Gasteiger partial charge in [0.1, 0.15) is 5.37 Å². The zero-order valence-corrected chi connectivity index (χ0v) is 5.73. The first-order chi connectivity index (χ1) is 4.00. The Balaban J connectivity index is 2.61. The summed E-state index contributed by atoms with van der Waals surface area (Å²) < 4.78 is 21.1. The zero-order chi connectivity index (χ0) is 7.07. The maximum atomic E-state index is 10.5. The maximum absolute atomic E-state index is 10.5. The van der Waals surface area contributed by atoms with E-state index in [0.29, 0.717) is 0 Å². The Bertz CT molecular complexity index is 222. The van der Waals surface area contributed by atoms with Crippen LogP contribution in [0.3, 0.4) is 0 Å². The quantitative estimate of drug-likeness (QED) is 0.480. The molecule has 1 aliphatic rings. The molecular weight excluding hydrogens is 142 g/mol. The first kappa shape index (κ1) is 6.54. The maximum Gasteiger partial charge on any atom is 0.224 e. The average molecular weight is 149 g/mol. The molecule has 0 saturated carbocycles. The molecule has 0 aromatic carbocycles. The smallest absolute Gasteiger partial charge is 0.224 e. The second-order valence-corrected chi connectivity index (χ2v) is 4.32. The van der Waals surface area contributed by atoms with Gasteiger partial charge in [-0.3, -0.25) is 4.79 Å². The molecular formula is C4H7NO3S. The first-order valence-electron chi connectivity index (χ1n) is 2.48. The van der Waals surface area contributed by atoms with Crippen LogP contribution < -0.4 is 5.32 Å². The minimum absolute atomic E-state index is 0.124. The highest BCUT2D eigenvalue weighted by molar-refractivity contribution is 7.91. The van der Waals surface area contributed by atoms with Gasteiger partial charge in [0.2, 0.25) is 5.91 Å². The van der Waals surface area contributed by atoms with Crippen LogP contribution >= 0.6 is 0 Å². The molecule has 9 heavy (non-hydrogen) atoms. The summed E-state index contributed by atoms with van der Waals surface area (Å²) in [5.41, 5.74) is 0. The molecule has 5 heteroatoms. The molecule has 1 saturated heterocycles.